The molecule has 1 atom stereocenters. The fourth-order valence-corrected chi connectivity index (χ4v) is 4.89. The number of hydrogen-bond donors (Lipinski definition) is 1. The average molecular weight is 290 g/mol. The van der Waals surface area contributed by atoms with E-state index in [1.165, 1.54) is 0 Å². The molecule has 0 saturated heterocycles. The first kappa shape index (κ1) is 11.1. The van der Waals surface area contributed by atoms with Crippen LogP contribution in [-0.2, 0) is 9.84 Å². The van der Waals surface area contributed by atoms with Crippen LogP contribution in [0.4, 0.5) is 0 Å². The van der Waals surface area contributed by atoms with E-state index in [9.17, 15) is 8.42 Å². The summed E-state index contributed by atoms with van der Waals surface area (Å²) in [6, 6.07) is 5.45. The van der Waals surface area contributed by atoms with E-state index in [0.29, 0.717) is 9.37 Å². The highest BCUT2D eigenvalue weighted by atomic mass is 79.9. The van der Waals surface area contributed by atoms with Crippen molar-refractivity contribution < 1.29 is 8.42 Å². The molecule has 1 unspecified atom stereocenters. The van der Waals surface area contributed by atoms with E-state index < -0.39 is 9.84 Å². The van der Waals surface area contributed by atoms with Crippen LogP contribution in [0.5, 0.6) is 0 Å². The molecule has 0 saturated carbocycles. The van der Waals surface area contributed by atoms with Crippen molar-refractivity contribution in [1.29, 1.82) is 0 Å². The molecule has 0 aliphatic carbocycles. The van der Waals surface area contributed by atoms with E-state index in [1.54, 1.807) is 6.07 Å². The van der Waals surface area contributed by atoms with E-state index in [1.807, 2.05) is 19.1 Å². The van der Waals surface area contributed by atoms with Crippen LogP contribution in [0, 0.1) is 0 Å². The SMILES string of the molecule is CCNC1CS(=O)(=O)c2c(Br)cccc21. The summed E-state index contributed by atoms with van der Waals surface area (Å²) in [4.78, 5) is 0.455. The highest BCUT2D eigenvalue weighted by molar-refractivity contribution is 9.10. The molecule has 1 aliphatic rings. The molecular formula is C10H12BrNO2S. The van der Waals surface area contributed by atoms with E-state index in [-0.39, 0.29) is 11.8 Å². The summed E-state index contributed by atoms with van der Waals surface area (Å²) in [6.45, 7) is 2.74. The number of sulfone groups is 1. The molecule has 2 rings (SSSR count). The Morgan fingerprint density at radius 1 is 1.53 bits per heavy atom. The molecule has 0 fully saturated rings. The van der Waals surface area contributed by atoms with Gasteiger partial charge in [0.2, 0.25) is 0 Å². The zero-order valence-corrected chi connectivity index (χ0v) is 10.7. The Bertz CT molecular complexity index is 484. The van der Waals surface area contributed by atoms with Crippen LogP contribution < -0.4 is 5.32 Å². The van der Waals surface area contributed by atoms with Crippen molar-refractivity contribution in [3.05, 3.63) is 28.2 Å². The second kappa shape index (κ2) is 3.88. The lowest BCUT2D eigenvalue weighted by atomic mass is 10.1. The second-order valence-corrected chi connectivity index (χ2v) is 6.38. The summed E-state index contributed by atoms with van der Waals surface area (Å²) in [5, 5.41) is 3.18. The molecule has 1 aromatic rings. The van der Waals surface area contributed by atoms with Gasteiger partial charge in [0, 0.05) is 10.5 Å². The van der Waals surface area contributed by atoms with Crippen LogP contribution in [0.1, 0.15) is 18.5 Å². The largest absolute Gasteiger partial charge is 0.309 e. The summed E-state index contributed by atoms with van der Waals surface area (Å²) in [5.41, 5.74) is 0.881. The maximum atomic E-state index is 11.9. The van der Waals surface area contributed by atoms with E-state index in [2.05, 4.69) is 21.2 Å². The maximum absolute atomic E-state index is 11.9. The molecule has 5 heteroatoms. The lowest BCUT2D eigenvalue weighted by Crippen LogP contribution is -2.22. The molecule has 0 amide bonds. The minimum Gasteiger partial charge on any atom is -0.309 e. The van der Waals surface area contributed by atoms with Gasteiger partial charge in [0.05, 0.1) is 10.6 Å². The third kappa shape index (κ3) is 1.84. The molecule has 1 heterocycles. The number of benzene rings is 1. The fourth-order valence-electron chi connectivity index (χ4n) is 1.94. The number of nitrogens with one attached hydrogen (secondary N) is 1. The molecule has 1 aliphatic heterocycles. The van der Waals surface area contributed by atoms with Gasteiger partial charge in [0.1, 0.15) is 0 Å². The summed E-state index contributed by atoms with van der Waals surface area (Å²) in [6.07, 6.45) is 0. The van der Waals surface area contributed by atoms with Crippen molar-refractivity contribution in [1.82, 2.24) is 5.32 Å². The topological polar surface area (TPSA) is 46.2 Å². The van der Waals surface area contributed by atoms with Gasteiger partial charge < -0.3 is 5.32 Å². The van der Waals surface area contributed by atoms with Crippen LogP contribution in [0.2, 0.25) is 0 Å². The summed E-state index contributed by atoms with van der Waals surface area (Å²) < 4.78 is 24.4. The molecule has 0 spiro atoms. The standard InChI is InChI=1S/C10H12BrNO2S/c1-2-12-9-6-15(13,14)10-7(9)4-3-5-8(10)11/h3-5,9,12H,2,6H2,1H3. The first-order chi connectivity index (χ1) is 7.06. The molecular weight excluding hydrogens is 278 g/mol. The van der Waals surface area contributed by atoms with Crippen LogP contribution in [0.25, 0.3) is 0 Å². The van der Waals surface area contributed by atoms with Gasteiger partial charge in [-0.1, -0.05) is 19.1 Å². The second-order valence-electron chi connectivity index (χ2n) is 3.55. The van der Waals surface area contributed by atoms with Crippen molar-refractivity contribution in [3.63, 3.8) is 0 Å². The van der Waals surface area contributed by atoms with Gasteiger partial charge in [0.25, 0.3) is 0 Å². The van der Waals surface area contributed by atoms with Gasteiger partial charge in [-0.2, -0.15) is 0 Å². The Labute approximate surface area is 97.9 Å². The minimum absolute atomic E-state index is 0.0625. The molecule has 0 radical (unpaired) electrons. The number of fused-ring (bicyclic) bond motifs is 1. The van der Waals surface area contributed by atoms with Gasteiger partial charge in [-0.3, -0.25) is 0 Å². The van der Waals surface area contributed by atoms with Gasteiger partial charge in [-0.05, 0) is 34.1 Å². The molecule has 0 aromatic heterocycles. The molecule has 82 valence electrons. The first-order valence-corrected chi connectivity index (χ1v) is 7.25. The lowest BCUT2D eigenvalue weighted by Gasteiger charge is -2.09. The Morgan fingerprint density at radius 2 is 2.27 bits per heavy atom. The Balaban J connectivity index is 2.58. The van der Waals surface area contributed by atoms with E-state index >= 15 is 0 Å². The van der Waals surface area contributed by atoms with Crippen molar-refractivity contribution in [2.45, 2.75) is 17.9 Å². The predicted molar refractivity (Wildman–Crippen MR) is 62.6 cm³/mol. The van der Waals surface area contributed by atoms with E-state index in [4.69, 9.17) is 0 Å². The molecule has 0 bridgehead atoms. The van der Waals surface area contributed by atoms with Gasteiger partial charge >= 0.3 is 0 Å². The Morgan fingerprint density at radius 3 is 2.93 bits per heavy atom. The first-order valence-electron chi connectivity index (χ1n) is 4.81. The molecule has 15 heavy (non-hydrogen) atoms. The molecule has 3 nitrogen and oxygen atoms in total. The average Bonchev–Trinajstić information content (AvgIpc) is 2.40. The zero-order chi connectivity index (χ0) is 11.1. The Hall–Kier alpha value is -0.390. The smallest absolute Gasteiger partial charge is 0.181 e. The summed E-state index contributed by atoms with van der Waals surface area (Å²) in [7, 11) is -3.12. The van der Waals surface area contributed by atoms with Crippen LogP contribution in [-0.4, -0.2) is 20.7 Å². The van der Waals surface area contributed by atoms with Crippen LogP contribution in [0.3, 0.4) is 0 Å². The van der Waals surface area contributed by atoms with E-state index in [0.717, 1.165) is 12.1 Å². The van der Waals surface area contributed by atoms with Crippen molar-refractivity contribution >= 4 is 25.8 Å². The Kier molecular flexibility index (Phi) is 2.87. The molecule has 1 N–H and O–H groups in total. The lowest BCUT2D eigenvalue weighted by molar-refractivity contribution is 0.579. The zero-order valence-electron chi connectivity index (χ0n) is 8.33. The number of halogens is 1. The number of rotatable bonds is 2. The third-order valence-corrected chi connectivity index (χ3v) is 5.29. The van der Waals surface area contributed by atoms with Gasteiger partial charge in [0.15, 0.2) is 9.84 Å². The summed E-state index contributed by atoms with van der Waals surface area (Å²) >= 11 is 3.29. The quantitative estimate of drug-likeness (QED) is 0.904. The highest BCUT2D eigenvalue weighted by Gasteiger charge is 2.35. The normalized spacial score (nSPS) is 22.7. The minimum atomic E-state index is -3.12. The van der Waals surface area contributed by atoms with Crippen molar-refractivity contribution in [3.8, 4) is 0 Å². The van der Waals surface area contributed by atoms with Gasteiger partial charge in [-0.15, -0.1) is 0 Å². The van der Waals surface area contributed by atoms with Crippen molar-refractivity contribution in [2.75, 3.05) is 12.3 Å². The third-order valence-electron chi connectivity index (χ3n) is 2.52. The highest BCUT2D eigenvalue weighted by Crippen LogP contribution is 2.37. The maximum Gasteiger partial charge on any atom is 0.181 e. The monoisotopic (exact) mass is 289 g/mol. The fraction of sp³-hybridized carbons (Fsp3) is 0.400. The van der Waals surface area contributed by atoms with Crippen molar-refractivity contribution in [2.24, 2.45) is 0 Å². The van der Waals surface area contributed by atoms with Crippen LogP contribution in [0.15, 0.2) is 27.6 Å². The summed E-state index contributed by atoms with van der Waals surface area (Å²) in [5.74, 6) is 0.165. The van der Waals surface area contributed by atoms with Gasteiger partial charge in [-0.25, -0.2) is 8.42 Å². The predicted octanol–water partition coefficient (Wildman–Crippen LogP) is 1.89. The van der Waals surface area contributed by atoms with Crippen LogP contribution >= 0.6 is 15.9 Å². The number of hydrogen-bond acceptors (Lipinski definition) is 3. The molecule has 1 aromatic carbocycles.